The molecule has 0 bridgehead atoms. The fourth-order valence-corrected chi connectivity index (χ4v) is 2.77. The first-order chi connectivity index (χ1) is 13.5. The molecule has 29 heavy (non-hydrogen) atoms. The van der Waals surface area contributed by atoms with E-state index < -0.39 is 5.97 Å². The molecule has 3 rings (SSSR count). The van der Waals surface area contributed by atoms with E-state index in [0.29, 0.717) is 0 Å². The van der Waals surface area contributed by atoms with Crippen molar-refractivity contribution in [2.75, 3.05) is 22.9 Å². The summed E-state index contributed by atoms with van der Waals surface area (Å²) in [6, 6.07) is 9.81. The molecule has 0 spiro atoms. The zero-order chi connectivity index (χ0) is 20.4. The van der Waals surface area contributed by atoms with Gasteiger partial charge in [-0.2, -0.15) is 19.4 Å². The van der Waals surface area contributed by atoms with E-state index in [-0.39, 0.29) is 21.1 Å². The molecule has 0 saturated carbocycles. The van der Waals surface area contributed by atoms with Crippen LogP contribution in [0.1, 0.15) is 46.5 Å². The van der Waals surface area contributed by atoms with Gasteiger partial charge >= 0.3 is 0 Å². The van der Waals surface area contributed by atoms with Crippen LogP contribution in [0.3, 0.4) is 0 Å². The van der Waals surface area contributed by atoms with Crippen molar-refractivity contribution in [2.45, 2.75) is 46.5 Å². The minimum Gasteiger partial charge on any atom is -0.508 e. The van der Waals surface area contributed by atoms with Gasteiger partial charge in [-0.1, -0.05) is 26.7 Å². The molecule has 164 valence electrons. The van der Waals surface area contributed by atoms with Crippen LogP contribution in [0.15, 0.2) is 43.0 Å². The summed E-state index contributed by atoms with van der Waals surface area (Å²) < 4.78 is 0. The molecule has 0 aliphatic carbocycles. The summed E-state index contributed by atoms with van der Waals surface area (Å²) in [4.78, 5) is 17.7. The van der Waals surface area contributed by atoms with Gasteiger partial charge < -0.3 is 24.7 Å². The summed E-state index contributed by atoms with van der Waals surface area (Å²) in [7, 11) is 0. The molecule has 6 nitrogen and oxygen atoms in total. The normalized spacial score (nSPS) is 14.7. The minimum absolute atomic E-state index is 0. The van der Waals surface area contributed by atoms with Gasteiger partial charge in [-0.25, -0.2) is 0 Å². The second kappa shape index (κ2) is 13.3. The van der Waals surface area contributed by atoms with Crippen LogP contribution in [-0.4, -0.2) is 34.0 Å². The van der Waals surface area contributed by atoms with Gasteiger partial charge in [-0.15, -0.1) is 29.6 Å². The van der Waals surface area contributed by atoms with E-state index in [2.05, 4.69) is 95.8 Å². The number of unbranched alkanes of at least 4 members (excludes halogenated alkanes) is 2. The number of benzene rings is 1. The number of rotatable bonds is 8. The van der Waals surface area contributed by atoms with Crippen LogP contribution in [0, 0.1) is 19.4 Å². The van der Waals surface area contributed by atoms with Crippen LogP contribution in [-0.2, 0) is 25.9 Å². The van der Waals surface area contributed by atoms with E-state index >= 15 is 0 Å². The molecule has 7 heteroatoms. The van der Waals surface area contributed by atoms with E-state index in [1.54, 1.807) is 0 Å². The molecule has 0 saturated heterocycles. The molecule has 0 radical (unpaired) electrons. The number of anilines is 2. The third-order valence-electron chi connectivity index (χ3n) is 4.24. The van der Waals surface area contributed by atoms with Crippen molar-refractivity contribution in [3.05, 3.63) is 62.4 Å². The average Bonchev–Trinajstić information content (AvgIpc) is 3.34. The van der Waals surface area contributed by atoms with Crippen LogP contribution in [0.5, 0.6) is 0 Å². The van der Waals surface area contributed by atoms with Gasteiger partial charge in [0.2, 0.25) is 0 Å². The summed E-state index contributed by atoms with van der Waals surface area (Å²) >= 11 is 0. The van der Waals surface area contributed by atoms with Crippen molar-refractivity contribution < 1.29 is 31.0 Å². The molecular weight excluding hydrogens is 547 g/mol. The van der Waals surface area contributed by atoms with Crippen molar-refractivity contribution in [1.29, 1.82) is 0 Å². The maximum absolute atomic E-state index is 9.00. The molecule has 0 unspecified atom stereocenters. The van der Waals surface area contributed by atoms with Crippen LogP contribution < -0.4 is 9.80 Å². The Morgan fingerprint density at radius 3 is 1.72 bits per heavy atom. The van der Waals surface area contributed by atoms with E-state index in [1.165, 1.54) is 25.7 Å². The molecule has 0 atom stereocenters. The van der Waals surface area contributed by atoms with Crippen molar-refractivity contribution in [2.24, 2.45) is 0 Å². The summed E-state index contributed by atoms with van der Waals surface area (Å²) in [6.45, 7) is 11.9. The SMILES string of the molecule is CC(=O)O.CCCCN1C=CN(c2[c-]c(N3C=CN(CCCC)[CH-]3)ccc2)[CH-]1.[Pt]. The van der Waals surface area contributed by atoms with Gasteiger partial charge in [0, 0.05) is 28.0 Å². The van der Waals surface area contributed by atoms with E-state index in [4.69, 9.17) is 9.90 Å². The third-order valence-corrected chi connectivity index (χ3v) is 4.24. The average molecular weight is 579 g/mol. The van der Waals surface area contributed by atoms with Gasteiger partial charge in [-0.05, 0) is 50.7 Å². The number of carboxylic acid groups (broad SMARTS) is 1. The van der Waals surface area contributed by atoms with Crippen LogP contribution in [0.4, 0.5) is 11.4 Å². The number of hydrogen-bond donors (Lipinski definition) is 1. The Labute approximate surface area is 189 Å². The first-order valence-corrected chi connectivity index (χ1v) is 9.90. The fraction of sp³-hybridized carbons (Fsp3) is 0.409. The molecule has 2 aliphatic rings. The molecule has 0 fully saturated rings. The Bertz CT molecular complexity index is 629. The predicted molar refractivity (Wildman–Crippen MR) is 114 cm³/mol. The summed E-state index contributed by atoms with van der Waals surface area (Å²) in [5.74, 6) is -0.833. The van der Waals surface area contributed by atoms with E-state index in [9.17, 15) is 0 Å². The number of carbonyl (C=O) groups is 1. The second-order valence-corrected chi connectivity index (χ2v) is 6.76. The monoisotopic (exact) mass is 578 g/mol. The minimum atomic E-state index is -0.833. The molecule has 1 aromatic carbocycles. The molecular formula is C22H31N4O2Pt-3. The molecule has 1 N–H and O–H groups in total. The van der Waals surface area contributed by atoms with Crippen molar-refractivity contribution in [1.82, 2.24) is 9.80 Å². The van der Waals surface area contributed by atoms with Crippen molar-refractivity contribution >= 4 is 17.3 Å². The fourth-order valence-electron chi connectivity index (χ4n) is 2.77. The van der Waals surface area contributed by atoms with Crippen LogP contribution >= 0.6 is 0 Å². The standard InChI is InChI=1S/C20H27N4.C2H4O2.Pt/c1-3-5-10-21-12-14-23(17-21)19-8-7-9-20(16-19)24-15-13-22(18-24)11-6-4-2;1-2(3)4;/h7-9,12-15,17-18H,3-6,10-11H2,1-2H3;1H3,(H,3,4);/q-3;;. The number of hydrogen-bond acceptors (Lipinski definition) is 5. The molecule has 1 aromatic rings. The summed E-state index contributed by atoms with van der Waals surface area (Å²) in [6.07, 6.45) is 13.3. The van der Waals surface area contributed by atoms with Crippen LogP contribution in [0.25, 0.3) is 0 Å². The van der Waals surface area contributed by atoms with Crippen molar-refractivity contribution in [3.8, 4) is 0 Å². The number of nitrogens with zero attached hydrogens (tertiary/aromatic N) is 4. The molecule has 2 heterocycles. The van der Waals surface area contributed by atoms with Gasteiger partial charge in [0.15, 0.2) is 0 Å². The van der Waals surface area contributed by atoms with E-state index in [0.717, 1.165) is 31.4 Å². The zero-order valence-corrected chi connectivity index (χ0v) is 19.7. The first kappa shape index (κ1) is 25.1. The van der Waals surface area contributed by atoms with Gasteiger partial charge in [0.25, 0.3) is 5.97 Å². The smallest absolute Gasteiger partial charge is 0.300 e. The zero-order valence-electron chi connectivity index (χ0n) is 17.4. The Hall–Kier alpha value is -1.94. The summed E-state index contributed by atoms with van der Waals surface area (Å²) in [5, 5.41) is 7.42. The first-order valence-electron chi connectivity index (χ1n) is 9.90. The quantitative estimate of drug-likeness (QED) is 0.456. The predicted octanol–water partition coefficient (Wildman–Crippen LogP) is 4.60. The maximum atomic E-state index is 9.00. The Balaban J connectivity index is 0.000000771. The van der Waals surface area contributed by atoms with Crippen molar-refractivity contribution in [3.63, 3.8) is 0 Å². The topological polar surface area (TPSA) is 50.3 Å². The Kier molecular flexibility index (Phi) is 11.5. The summed E-state index contributed by atoms with van der Waals surface area (Å²) in [5.41, 5.74) is 2.13. The molecule has 0 aromatic heterocycles. The van der Waals surface area contributed by atoms with Gasteiger partial charge in [-0.3, -0.25) is 4.79 Å². The van der Waals surface area contributed by atoms with E-state index in [1.807, 2.05) is 0 Å². The van der Waals surface area contributed by atoms with Gasteiger partial charge in [0.1, 0.15) is 0 Å². The second-order valence-electron chi connectivity index (χ2n) is 6.76. The maximum Gasteiger partial charge on any atom is 0.300 e. The Morgan fingerprint density at radius 1 is 0.931 bits per heavy atom. The third kappa shape index (κ3) is 8.53. The number of aliphatic carboxylic acids is 1. The number of carboxylic acids is 1. The molecule has 2 aliphatic heterocycles. The van der Waals surface area contributed by atoms with Gasteiger partial charge in [0.05, 0.1) is 0 Å². The molecule has 0 amide bonds. The van der Waals surface area contributed by atoms with Crippen LogP contribution in [0.2, 0.25) is 0 Å². The Morgan fingerprint density at radius 2 is 1.34 bits per heavy atom. The largest absolute Gasteiger partial charge is 0.508 e.